The summed E-state index contributed by atoms with van der Waals surface area (Å²) in [5, 5.41) is 0. The number of rotatable bonds is 1. The van der Waals surface area contributed by atoms with Gasteiger partial charge in [0.05, 0.1) is 22.2 Å². The molecule has 1 aromatic carbocycles. The van der Waals surface area contributed by atoms with Crippen molar-refractivity contribution in [3.05, 3.63) is 58.3 Å². The molecule has 0 aliphatic heterocycles. The minimum atomic E-state index is -5.92. The fourth-order valence-electron chi connectivity index (χ4n) is 3.28. The van der Waals surface area contributed by atoms with Gasteiger partial charge in [0.15, 0.2) is 0 Å². The molecule has 2 unspecified atom stereocenters. The number of allylic oxidation sites excluding steroid dienone is 1. The van der Waals surface area contributed by atoms with Crippen LogP contribution in [-0.4, -0.2) is 12.4 Å². The standard InChI is InChI=1S/C16H10F12N2/c17-13(18,19)7-3-1-2-6(9(7)14(20,21)22)12(30)5-4-8(29)10(15(23,24)25)11(12)16(26,27)28/h1-5,11H,29-30H2. The average molecular weight is 458 g/mol. The molecule has 1 aliphatic rings. The van der Waals surface area contributed by atoms with Crippen molar-refractivity contribution >= 4 is 0 Å². The lowest BCUT2D eigenvalue weighted by Crippen LogP contribution is -2.55. The molecule has 0 heterocycles. The first-order valence-corrected chi connectivity index (χ1v) is 7.62. The first-order chi connectivity index (χ1) is 13.2. The molecule has 4 N–H and O–H groups in total. The van der Waals surface area contributed by atoms with E-state index >= 15 is 0 Å². The minimum Gasteiger partial charge on any atom is -0.398 e. The van der Waals surface area contributed by atoms with Crippen molar-refractivity contribution in [2.24, 2.45) is 17.4 Å². The fraction of sp³-hybridized carbons (Fsp3) is 0.375. The first kappa shape index (κ1) is 23.9. The molecule has 168 valence electrons. The maximum Gasteiger partial charge on any atom is 0.417 e. The summed E-state index contributed by atoms with van der Waals surface area (Å²) in [6, 6.07) is 0.411. The average Bonchev–Trinajstić information content (AvgIpc) is 2.52. The van der Waals surface area contributed by atoms with E-state index in [0.29, 0.717) is 6.07 Å². The van der Waals surface area contributed by atoms with Gasteiger partial charge in [0.25, 0.3) is 0 Å². The summed E-state index contributed by atoms with van der Waals surface area (Å²) in [5.41, 5.74) is -4.15. The molecule has 30 heavy (non-hydrogen) atoms. The van der Waals surface area contributed by atoms with Gasteiger partial charge in [0.2, 0.25) is 0 Å². The van der Waals surface area contributed by atoms with Gasteiger partial charge in [-0.2, -0.15) is 52.7 Å². The largest absolute Gasteiger partial charge is 0.417 e. The monoisotopic (exact) mass is 458 g/mol. The van der Waals surface area contributed by atoms with Gasteiger partial charge in [-0.15, -0.1) is 0 Å². The van der Waals surface area contributed by atoms with Crippen LogP contribution in [0.1, 0.15) is 16.7 Å². The van der Waals surface area contributed by atoms with Crippen LogP contribution < -0.4 is 11.5 Å². The Morgan fingerprint density at radius 1 is 0.767 bits per heavy atom. The second-order valence-corrected chi connectivity index (χ2v) is 6.33. The molecular weight excluding hydrogens is 448 g/mol. The van der Waals surface area contributed by atoms with E-state index in [-0.39, 0.29) is 24.3 Å². The Hall–Kier alpha value is -2.38. The molecule has 1 aromatic rings. The minimum absolute atomic E-state index is 0.0698. The SMILES string of the molecule is NC1=C(C(F)(F)F)C(C(F)(F)F)C(N)(c2cccc(C(F)(F)F)c2C(F)(F)F)C=C1. The molecule has 14 heteroatoms. The van der Waals surface area contributed by atoms with Crippen molar-refractivity contribution in [2.75, 3.05) is 0 Å². The van der Waals surface area contributed by atoms with Crippen LogP contribution >= 0.6 is 0 Å². The predicted octanol–water partition coefficient (Wildman–Crippen LogP) is 5.40. The third-order valence-electron chi connectivity index (χ3n) is 4.37. The summed E-state index contributed by atoms with van der Waals surface area (Å²) in [4.78, 5) is 0. The molecule has 0 spiro atoms. The topological polar surface area (TPSA) is 52.0 Å². The molecule has 2 atom stereocenters. The van der Waals surface area contributed by atoms with Gasteiger partial charge in [0, 0.05) is 5.70 Å². The van der Waals surface area contributed by atoms with E-state index in [9.17, 15) is 52.7 Å². The van der Waals surface area contributed by atoms with E-state index in [1.807, 2.05) is 0 Å². The molecule has 1 aliphatic carbocycles. The number of benzene rings is 1. The number of hydrogen-bond donors (Lipinski definition) is 2. The van der Waals surface area contributed by atoms with Gasteiger partial charge in [-0.25, -0.2) is 0 Å². The molecule has 0 bridgehead atoms. The zero-order chi connectivity index (χ0) is 23.5. The lowest BCUT2D eigenvalue weighted by Gasteiger charge is -2.42. The third-order valence-corrected chi connectivity index (χ3v) is 4.37. The Bertz CT molecular complexity index is 885. The Labute approximate surface area is 159 Å². The summed E-state index contributed by atoms with van der Waals surface area (Å²) >= 11 is 0. The molecule has 2 nitrogen and oxygen atoms in total. The highest BCUT2D eigenvalue weighted by Gasteiger charge is 2.62. The van der Waals surface area contributed by atoms with Crippen LogP contribution in [0.2, 0.25) is 0 Å². The highest BCUT2D eigenvalue weighted by molar-refractivity contribution is 5.51. The second-order valence-electron chi connectivity index (χ2n) is 6.33. The molecule has 0 amide bonds. The van der Waals surface area contributed by atoms with Crippen LogP contribution in [0.3, 0.4) is 0 Å². The zero-order valence-electron chi connectivity index (χ0n) is 14.2. The first-order valence-electron chi connectivity index (χ1n) is 7.62. The van der Waals surface area contributed by atoms with Crippen LogP contribution in [0.4, 0.5) is 52.7 Å². The second kappa shape index (κ2) is 6.82. The molecule has 0 saturated heterocycles. The summed E-state index contributed by atoms with van der Waals surface area (Å²) < 4.78 is 161. The summed E-state index contributed by atoms with van der Waals surface area (Å²) in [7, 11) is 0. The van der Waals surface area contributed by atoms with Crippen LogP contribution in [0.15, 0.2) is 41.6 Å². The van der Waals surface area contributed by atoms with E-state index in [1.54, 1.807) is 0 Å². The van der Waals surface area contributed by atoms with E-state index in [4.69, 9.17) is 11.5 Å². The molecule has 0 saturated carbocycles. The maximum absolute atomic E-state index is 13.6. The number of hydrogen-bond acceptors (Lipinski definition) is 2. The summed E-state index contributed by atoms with van der Waals surface area (Å²) in [6.07, 6.45) is -23.0. The smallest absolute Gasteiger partial charge is 0.398 e. The Kier molecular flexibility index (Phi) is 5.43. The van der Waals surface area contributed by atoms with E-state index in [2.05, 4.69) is 0 Å². The fourth-order valence-corrected chi connectivity index (χ4v) is 3.28. The van der Waals surface area contributed by atoms with Gasteiger partial charge >= 0.3 is 24.7 Å². The maximum atomic E-state index is 13.6. The van der Waals surface area contributed by atoms with Gasteiger partial charge in [0.1, 0.15) is 5.92 Å². The van der Waals surface area contributed by atoms with E-state index in [1.165, 1.54) is 0 Å². The molecule has 0 aromatic heterocycles. The lowest BCUT2D eigenvalue weighted by atomic mass is 9.69. The van der Waals surface area contributed by atoms with Crippen molar-refractivity contribution in [1.29, 1.82) is 0 Å². The molecule has 2 rings (SSSR count). The molecular formula is C16H10F12N2. The van der Waals surface area contributed by atoms with Crippen molar-refractivity contribution in [1.82, 2.24) is 0 Å². The highest BCUT2D eigenvalue weighted by Crippen LogP contribution is 2.54. The van der Waals surface area contributed by atoms with E-state index in [0.717, 1.165) is 0 Å². The van der Waals surface area contributed by atoms with Crippen LogP contribution in [0.5, 0.6) is 0 Å². The summed E-state index contributed by atoms with van der Waals surface area (Å²) in [6.45, 7) is 0. The lowest BCUT2D eigenvalue weighted by molar-refractivity contribution is -0.201. The number of alkyl halides is 12. The van der Waals surface area contributed by atoms with Crippen molar-refractivity contribution in [2.45, 2.75) is 30.2 Å². The Morgan fingerprint density at radius 3 is 1.70 bits per heavy atom. The third kappa shape index (κ3) is 4.09. The van der Waals surface area contributed by atoms with Gasteiger partial charge in [-0.05, 0) is 17.7 Å². The van der Waals surface area contributed by atoms with Crippen molar-refractivity contribution < 1.29 is 52.7 Å². The quantitative estimate of drug-likeness (QED) is 0.554. The normalized spacial score (nSPS) is 23.8. The Balaban J connectivity index is 2.98. The summed E-state index contributed by atoms with van der Waals surface area (Å²) in [5.74, 6) is -3.90. The zero-order valence-corrected chi connectivity index (χ0v) is 14.2. The molecule has 0 fully saturated rings. The van der Waals surface area contributed by atoms with E-state index < -0.39 is 64.1 Å². The van der Waals surface area contributed by atoms with Gasteiger partial charge in [-0.3, -0.25) is 0 Å². The predicted molar refractivity (Wildman–Crippen MR) is 78.3 cm³/mol. The van der Waals surface area contributed by atoms with Crippen LogP contribution in [0, 0.1) is 5.92 Å². The van der Waals surface area contributed by atoms with Crippen molar-refractivity contribution in [3.63, 3.8) is 0 Å². The van der Waals surface area contributed by atoms with Gasteiger partial charge < -0.3 is 11.5 Å². The van der Waals surface area contributed by atoms with Gasteiger partial charge in [-0.1, -0.05) is 18.2 Å². The number of halogens is 12. The van der Waals surface area contributed by atoms with Crippen molar-refractivity contribution in [3.8, 4) is 0 Å². The highest BCUT2D eigenvalue weighted by atomic mass is 19.4. The van der Waals surface area contributed by atoms with Crippen LogP contribution in [0.25, 0.3) is 0 Å². The van der Waals surface area contributed by atoms with Crippen LogP contribution in [-0.2, 0) is 17.9 Å². The molecule has 0 radical (unpaired) electrons. The Morgan fingerprint density at radius 2 is 1.30 bits per heavy atom. The number of nitrogens with two attached hydrogens (primary N) is 2.